The van der Waals surface area contributed by atoms with Gasteiger partial charge in [-0.3, -0.25) is 0 Å². The summed E-state index contributed by atoms with van der Waals surface area (Å²) in [6.07, 6.45) is 11.7. The summed E-state index contributed by atoms with van der Waals surface area (Å²) < 4.78 is 0. The molecule has 2 heterocycles. The Balaban J connectivity index is 1.62. The first-order chi connectivity index (χ1) is 18.4. The van der Waals surface area contributed by atoms with Crippen molar-refractivity contribution >= 4 is 34.6 Å². The number of hydrogen-bond donors (Lipinski definition) is 4. The topological polar surface area (TPSA) is 48.1 Å². The Labute approximate surface area is 246 Å². The van der Waals surface area contributed by atoms with Gasteiger partial charge in [0, 0.05) is 56.5 Å². The molecule has 4 saturated carbocycles. The fourth-order valence-electron chi connectivity index (χ4n) is 10.7. The number of allylic oxidation sites excluding steroid dienone is 3. The molecule has 0 radical (unpaired) electrons. The molecule has 5 aliphatic carbocycles. The standard InChI is InChI=1S/C31H58N4P2Si2/c1-38(2,3)25-14-23(31(37,26-17-32-7-9-34-26)27-18-33-8-10-35-27)28(29(25)39(4,5)6)30-15-20-11-21(16-30)13-22(12-20)24(30)19-36/h14,20-22,24,26-27,29,32-35H,7-13,15-19,36-37H2,1-6H3. The monoisotopic (exact) mass is 604 g/mol. The molecule has 8 heteroatoms. The van der Waals surface area contributed by atoms with E-state index in [4.69, 9.17) is 0 Å². The molecule has 7 rings (SSSR count). The summed E-state index contributed by atoms with van der Waals surface area (Å²) in [4.78, 5) is 0. The van der Waals surface area contributed by atoms with E-state index in [0.29, 0.717) is 23.0 Å². The summed E-state index contributed by atoms with van der Waals surface area (Å²) in [6, 6.07) is 0.836. The van der Waals surface area contributed by atoms with Crippen molar-refractivity contribution in [3.8, 4) is 0 Å². The van der Waals surface area contributed by atoms with Gasteiger partial charge in [0.1, 0.15) is 0 Å². The summed E-state index contributed by atoms with van der Waals surface area (Å²) >= 11 is 0. The molecular formula is C31H58N4P2Si2. The van der Waals surface area contributed by atoms with Crippen molar-refractivity contribution < 1.29 is 0 Å². The average molecular weight is 605 g/mol. The summed E-state index contributed by atoms with van der Waals surface area (Å²) in [5, 5.41) is 17.6. The van der Waals surface area contributed by atoms with E-state index in [0.717, 1.165) is 62.9 Å². The van der Waals surface area contributed by atoms with Crippen molar-refractivity contribution in [3.05, 3.63) is 22.4 Å². The van der Waals surface area contributed by atoms with Crippen molar-refractivity contribution in [2.75, 3.05) is 45.4 Å². The van der Waals surface area contributed by atoms with E-state index in [1.807, 2.05) is 10.8 Å². The van der Waals surface area contributed by atoms with Crippen molar-refractivity contribution in [1.82, 2.24) is 21.3 Å². The molecule has 4 N–H and O–H groups in total. The maximum Gasteiger partial charge on any atom is 0.0728 e. The first kappa shape index (κ1) is 29.7. The predicted molar refractivity (Wildman–Crippen MR) is 181 cm³/mol. The quantitative estimate of drug-likeness (QED) is 0.248. The summed E-state index contributed by atoms with van der Waals surface area (Å²) in [5.41, 5.74) is 4.87. The Hall–Kier alpha value is 0.614. The molecule has 8 atom stereocenters. The molecule has 0 spiro atoms. The molecule has 0 aromatic rings. The van der Waals surface area contributed by atoms with Crippen LogP contribution in [-0.2, 0) is 0 Å². The summed E-state index contributed by atoms with van der Waals surface area (Å²) in [6.45, 7) is 22.4. The Kier molecular flexibility index (Phi) is 8.11. The lowest BCUT2D eigenvalue weighted by Gasteiger charge is -2.64. The van der Waals surface area contributed by atoms with E-state index in [2.05, 4.69) is 85.1 Å². The average Bonchev–Trinajstić information content (AvgIpc) is 3.33. The van der Waals surface area contributed by atoms with Crippen LogP contribution in [0.5, 0.6) is 0 Å². The number of rotatable bonds is 7. The van der Waals surface area contributed by atoms with Crippen LogP contribution < -0.4 is 21.3 Å². The van der Waals surface area contributed by atoms with Crippen LogP contribution in [0, 0.1) is 29.1 Å². The number of piperazine rings is 2. The third-order valence-electron chi connectivity index (χ3n) is 11.9. The van der Waals surface area contributed by atoms with Crippen LogP contribution in [-0.4, -0.2) is 78.8 Å². The highest BCUT2D eigenvalue weighted by Gasteiger charge is 2.63. The zero-order valence-corrected chi connectivity index (χ0v) is 30.1. The van der Waals surface area contributed by atoms with Crippen LogP contribution in [0.25, 0.3) is 0 Å². The van der Waals surface area contributed by atoms with Gasteiger partial charge in [-0.05, 0) is 78.5 Å². The Morgan fingerprint density at radius 2 is 1.44 bits per heavy atom. The highest BCUT2D eigenvalue weighted by Crippen LogP contribution is 2.71. The minimum absolute atomic E-state index is 0.0236. The van der Waals surface area contributed by atoms with Gasteiger partial charge in [-0.15, -0.1) is 18.5 Å². The molecule has 4 bridgehead atoms. The minimum Gasteiger partial charge on any atom is -0.314 e. The Morgan fingerprint density at radius 3 is 1.87 bits per heavy atom. The van der Waals surface area contributed by atoms with Gasteiger partial charge in [0.05, 0.1) is 16.1 Å². The molecule has 220 valence electrons. The zero-order valence-electron chi connectivity index (χ0n) is 25.8. The zero-order chi connectivity index (χ0) is 27.8. The van der Waals surface area contributed by atoms with Crippen molar-refractivity contribution in [1.29, 1.82) is 0 Å². The molecule has 2 aliphatic heterocycles. The van der Waals surface area contributed by atoms with Crippen LogP contribution in [0.3, 0.4) is 0 Å². The van der Waals surface area contributed by atoms with Gasteiger partial charge < -0.3 is 21.3 Å². The van der Waals surface area contributed by atoms with Crippen molar-refractivity contribution in [2.45, 2.75) is 94.2 Å². The highest BCUT2D eigenvalue weighted by atomic mass is 31.0. The third-order valence-corrected chi connectivity index (χ3v) is 18.3. The van der Waals surface area contributed by atoms with Gasteiger partial charge in [-0.1, -0.05) is 56.1 Å². The first-order valence-corrected chi connectivity index (χ1v) is 24.7. The Morgan fingerprint density at radius 1 is 0.872 bits per heavy atom. The van der Waals surface area contributed by atoms with E-state index < -0.39 is 16.1 Å². The van der Waals surface area contributed by atoms with Gasteiger partial charge >= 0.3 is 0 Å². The SMILES string of the molecule is C[Si](C)(C)C1=CC(C(P)(C2CNCCN2)C2CNCCN2)=C(C23CC4CC(CC(C4)C2CP)C3)C1[Si](C)(C)C. The van der Waals surface area contributed by atoms with Gasteiger partial charge in [0.15, 0.2) is 0 Å². The lowest BCUT2D eigenvalue weighted by atomic mass is 9.43. The number of nitrogens with one attached hydrogen (secondary N) is 4. The molecule has 6 fully saturated rings. The van der Waals surface area contributed by atoms with Gasteiger partial charge in [0.2, 0.25) is 0 Å². The molecule has 0 amide bonds. The first-order valence-electron chi connectivity index (χ1n) is 16.2. The van der Waals surface area contributed by atoms with Crippen LogP contribution in [0.1, 0.15) is 32.1 Å². The lowest BCUT2D eigenvalue weighted by Crippen LogP contribution is -2.69. The second kappa shape index (κ2) is 10.7. The maximum atomic E-state index is 4.06. The van der Waals surface area contributed by atoms with Gasteiger partial charge in [-0.2, -0.15) is 0 Å². The molecule has 39 heavy (non-hydrogen) atoms. The normalized spacial score (nSPS) is 42.6. The van der Waals surface area contributed by atoms with Crippen LogP contribution in [0.2, 0.25) is 44.8 Å². The summed E-state index contributed by atoms with van der Waals surface area (Å²) in [5.74, 6) is 3.72. The summed E-state index contributed by atoms with van der Waals surface area (Å²) in [7, 11) is 3.75. The fourth-order valence-corrected chi connectivity index (χ4v) is 18.7. The predicted octanol–water partition coefficient (Wildman–Crippen LogP) is 4.86. The van der Waals surface area contributed by atoms with Crippen LogP contribution in [0.4, 0.5) is 0 Å². The smallest absolute Gasteiger partial charge is 0.0728 e. The van der Waals surface area contributed by atoms with Crippen LogP contribution in [0.15, 0.2) is 22.4 Å². The molecule has 0 aromatic heterocycles. The molecule has 0 aromatic carbocycles. The number of hydrogen-bond acceptors (Lipinski definition) is 4. The largest absolute Gasteiger partial charge is 0.314 e. The van der Waals surface area contributed by atoms with Crippen molar-refractivity contribution in [2.24, 2.45) is 29.1 Å². The van der Waals surface area contributed by atoms with Gasteiger partial charge in [-0.25, -0.2) is 0 Å². The van der Waals surface area contributed by atoms with E-state index in [9.17, 15) is 0 Å². The van der Waals surface area contributed by atoms with E-state index in [-0.39, 0.29) is 5.16 Å². The maximum absolute atomic E-state index is 4.06. The molecule has 2 saturated heterocycles. The molecular weight excluding hydrogens is 546 g/mol. The molecule has 7 aliphatic rings. The van der Waals surface area contributed by atoms with Crippen LogP contribution >= 0.6 is 18.5 Å². The third kappa shape index (κ3) is 4.92. The molecule has 8 unspecified atom stereocenters. The minimum atomic E-state index is -1.55. The highest BCUT2D eigenvalue weighted by molar-refractivity contribution is 7.19. The molecule has 4 nitrogen and oxygen atoms in total. The Bertz CT molecular complexity index is 971. The van der Waals surface area contributed by atoms with E-state index in [1.54, 1.807) is 5.57 Å². The fraction of sp³-hybridized carbons (Fsp3) is 0.871. The van der Waals surface area contributed by atoms with Gasteiger partial charge in [0.25, 0.3) is 0 Å². The second-order valence-corrected chi connectivity index (χ2v) is 28.3. The van der Waals surface area contributed by atoms with E-state index >= 15 is 0 Å². The lowest BCUT2D eigenvalue weighted by molar-refractivity contribution is -0.0792. The van der Waals surface area contributed by atoms with Crippen molar-refractivity contribution in [3.63, 3.8) is 0 Å². The van der Waals surface area contributed by atoms with E-state index in [1.165, 1.54) is 38.3 Å². The second-order valence-electron chi connectivity index (χ2n) is 16.4.